The molecule has 1 aliphatic carbocycles. The van der Waals surface area contributed by atoms with Crippen LogP contribution < -0.4 is 23.7 Å². The van der Waals surface area contributed by atoms with Crippen molar-refractivity contribution in [3.8, 4) is 39.9 Å². The Hall–Kier alpha value is -4.90. The molecule has 7 rings (SSSR count). The average Bonchev–Trinajstić information content (AvgIpc) is 3.41. The van der Waals surface area contributed by atoms with E-state index in [2.05, 4.69) is 86.7 Å². The first-order chi connectivity index (χ1) is 22.0. The van der Waals surface area contributed by atoms with Crippen LogP contribution in [0.5, 0.6) is 28.7 Å². The Bertz CT molecular complexity index is 1880. The van der Waals surface area contributed by atoms with Gasteiger partial charge < -0.3 is 23.7 Å². The molecular formula is C40H38O5. The molecule has 0 atom stereocenters. The Balaban J connectivity index is 1.59. The molecule has 228 valence electrons. The molecule has 5 heteroatoms. The summed E-state index contributed by atoms with van der Waals surface area (Å²) in [4.78, 5) is 0. The molecule has 5 aromatic carbocycles. The Morgan fingerprint density at radius 3 is 1.73 bits per heavy atom. The van der Waals surface area contributed by atoms with Crippen LogP contribution in [0.25, 0.3) is 28.0 Å². The normalized spacial score (nSPS) is 15.1. The van der Waals surface area contributed by atoms with Crippen molar-refractivity contribution in [3.63, 3.8) is 0 Å². The van der Waals surface area contributed by atoms with Crippen molar-refractivity contribution in [3.05, 3.63) is 119 Å². The molecule has 0 amide bonds. The first-order valence-corrected chi connectivity index (χ1v) is 15.5. The van der Waals surface area contributed by atoms with Crippen molar-refractivity contribution in [2.75, 3.05) is 28.4 Å². The lowest BCUT2D eigenvalue weighted by molar-refractivity contribution is 0.163. The van der Waals surface area contributed by atoms with Crippen LogP contribution in [0.2, 0.25) is 0 Å². The lowest BCUT2D eigenvalue weighted by Gasteiger charge is -2.39. The molecule has 0 saturated carbocycles. The van der Waals surface area contributed by atoms with E-state index in [0.29, 0.717) is 11.5 Å². The number of fused-ring (bicyclic) bond motifs is 8. The maximum Gasteiger partial charge on any atom is 0.178 e. The van der Waals surface area contributed by atoms with Crippen LogP contribution in [0.15, 0.2) is 91.0 Å². The zero-order valence-electron chi connectivity index (χ0n) is 26.7. The maximum atomic E-state index is 7.47. The van der Waals surface area contributed by atoms with Crippen LogP contribution in [0.3, 0.4) is 0 Å². The molecule has 0 saturated heterocycles. The van der Waals surface area contributed by atoms with Gasteiger partial charge in [-0.1, -0.05) is 68.5 Å². The van der Waals surface area contributed by atoms with Gasteiger partial charge in [0.25, 0.3) is 0 Å². The summed E-state index contributed by atoms with van der Waals surface area (Å²) in [5, 5.41) is 2.07. The summed E-state index contributed by atoms with van der Waals surface area (Å²) in [5.41, 5.74) is 7.23. The fourth-order valence-corrected chi connectivity index (χ4v) is 7.63. The summed E-state index contributed by atoms with van der Waals surface area (Å²) in [7, 11) is 6.73. The van der Waals surface area contributed by atoms with E-state index in [9.17, 15) is 0 Å². The maximum absolute atomic E-state index is 7.47. The predicted molar refractivity (Wildman–Crippen MR) is 180 cm³/mol. The minimum Gasteiger partial charge on any atom is -0.497 e. The van der Waals surface area contributed by atoms with Crippen LogP contribution in [0, 0.1) is 0 Å². The lowest BCUT2D eigenvalue weighted by atomic mass is 9.71. The van der Waals surface area contributed by atoms with Crippen molar-refractivity contribution < 1.29 is 23.7 Å². The third kappa shape index (κ3) is 4.06. The number of ether oxygens (including phenoxy) is 5. The number of rotatable bonds is 8. The van der Waals surface area contributed by atoms with Gasteiger partial charge in [0.15, 0.2) is 17.1 Å². The zero-order chi connectivity index (χ0) is 31.3. The molecule has 0 bridgehead atoms. The molecule has 0 spiro atoms. The van der Waals surface area contributed by atoms with Gasteiger partial charge >= 0.3 is 0 Å². The van der Waals surface area contributed by atoms with E-state index in [4.69, 9.17) is 23.7 Å². The smallest absolute Gasteiger partial charge is 0.178 e. The van der Waals surface area contributed by atoms with Crippen molar-refractivity contribution >= 4 is 16.8 Å². The number of methoxy groups -OCH3 is 4. The van der Waals surface area contributed by atoms with E-state index in [0.717, 1.165) is 57.6 Å². The van der Waals surface area contributed by atoms with Gasteiger partial charge in [0, 0.05) is 27.5 Å². The second-order valence-corrected chi connectivity index (χ2v) is 11.7. The van der Waals surface area contributed by atoms with E-state index in [1.807, 2.05) is 24.3 Å². The van der Waals surface area contributed by atoms with Crippen LogP contribution in [-0.2, 0) is 11.0 Å². The van der Waals surface area contributed by atoms with E-state index in [1.54, 1.807) is 28.4 Å². The zero-order valence-corrected chi connectivity index (χ0v) is 26.7. The van der Waals surface area contributed by atoms with Gasteiger partial charge in [-0.15, -0.1) is 0 Å². The molecule has 1 heterocycles. The highest BCUT2D eigenvalue weighted by Gasteiger charge is 2.47. The van der Waals surface area contributed by atoms with E-state index >= 15 is 0 Å². The van der Waals surface area contributed by atoms with Crippen LogP contribution >= 0.6 is 0 Å². The van der Waals surface area contributed by atoms with Gasteiger partial charge in [-0.05, 0) is 83.0 Å². The largest absolute Gasteiger partial charge is 0.497 e. The highest BCUT2D eigenvalue weighted by molar-refractivity contribution is 6.09. The quantitative estimate of drug-likeness (QED) is 0.178. The SMILES string of the molecule is CCC1(CC)c2ccccc2-c2c1c1c(c3cc(OC)c(OC)cc23)OC(c2ccc(OC)cc2)(c2ccc(OC)cc2)C=C1. The second kappa shape index (κ2) is 10.9. The van der Waals surface area contributed by atoms with Crippen molar-refractivity contribution in [2.24, 2.45) is 0 Å². The fourth-order valence-electron chi connectivity index (χ4n) is 7.63. The first-order valence-electron chi connectivity index (χ1n) is 15.5. The average molecular weight is 599 g/mol. The van der Waals surface area contributed by atoms with Crippen LogP contribution in [0.1, 0.15) is 54.5 Å². The Kier molecular flexibility index (Phi) is 7.00. The second-order valence-electron chi connectivity index (χ2n) is 11.7. The topological polar surface area (TPSA) is 46.2 Å². The number of hydrogen-bond donors (Lipinski definition) is 0. The van der Waals surface area contributed by atoms with Gasteiger partial charge in [-0.2, -0.15) is 0 Å². The van der Waals surface area contributed by atoms with Crippen LogP contribution in [-0.4, -0.2) is 28.4 Å². The minimum absolute atomic E-state index is 0.161. The molecule has 5 aromatic rings. The number of benzene rings is 5. The highest BCUT2D eigenvalue weighted by Crippen LogP contribution is 2.61. The molecule has 0 radical (unpaired) electrons. The summed E-state index contributed by atoms with van der Waals surface area (Å²) in [6.07, 6.45) is 6.43. The van der Waals surface area contributed by atoms with Crippen LogP contribution in [0.4, 0.5) is 0 Å². The third-order valence-electron chi connectivity index (χ3n) is 9.98. The first kappa shape index (κ1) is 28.8. The summed E-state index contributed by atoms with van der Waals surface area (Å²) in [6, 6.07) is 29.3. The van der Waals surface area contributed by atoms with Crippen molar-refractivity contribution in [1.29, 1.82) is 0 Å². The third-order valence-corrected chi connectivity index (χ3v) is 9.98. The van der Waals surface area contributed by atoms with Crippen molar-refractivity contribution in [2.45, 2.75) is 37.7 Å². The molecule has 2 aliphatic rings. The van der Waals surface area contributed by atoms with Gasteiger partial charge in [0.1, 0.15) is 17.2 Å². The molecule has 1 aliphatic heterocycles. The lowest BCUT2D eigenvalue weighted by Crippen LogP contribution is -2.35. The van der Waals surface area contributed by atoms with Gasteiger partial charge in [0.2, 0.25) is 0 Å². The molecule has 45 heavy (non-hydrogen) atoms. The standard InChI is InChI=1S/C40H38O5/c1-7-39(8-2)33-12-10-9-11-29(33)36-31-23-34(43-5)35(44-6)24-32(31)38-30(37(36)39)21-22-40(45-38,25-13-17-27(41-3)18-14-25)26-15-19-28(42-4)20-16-26/h9-24H,7-8H2,1-6H3. The predicted octanol–water partition coefficient (Wildman–Crippen LogP) is 9.31. The van der Waals surface area contributed by atoms with Gasteiger partial charge in [-0.25, -0.2) is 0 Å². The molecule has 0 unspecified atom stereocenters. The van der Waals surface area contributed by atoms with E-state index in [1.165, 1.54) is 22.3 Å². The van der Waals surface area contributed by atoms with Gasteiger partial charge in [0.05, 0.1) is 28.4 Å². The minimum atomic E-state index is -0.910. The van der Waals surface area contributed by atoms with E-state index in [-0.39, 0.29) is 5.41 Å². The molecule has 0 fully saturated rings. The Morgan fingerprint density at radius 2 is 1.20 bits per heavy atom. The molecule has 5 nitrogen and oxygen atoms in total. The number of hydrogen-bond acceptors (Lipinski definition) is 5. The summed E-state index contributed by atoms with van der Waals surface area (Å²) >= 11 is 0. The fraction of sp³-hybridized carbons (Fsp3) is 0.250. The summed E-state index contributed by atoms with van der Waals surface area (Å²) < 4.78 is 30.2. The molecule has 0 aromatic heterocycles. The van der Waals surface area contributed by atoms with Crippen molar-refractivity contribution in [1.82, 2.24) is 0 Å². The highest BCUT2D eigenvalue weighted by atomic mass is 16.5. The molecule has 0 N–H and O–H groups in total. The monoisotopic (exact) mass is 598 g/mol. The van der Waals surface area contributed by atoms with E-state index < -0.39 is 5.60 Å². The Labute approximate surface area is 265 Å². The molecular weight excluding hydrogens is 560 g/mol. The summed E-state index contributed by atoms with van der Waals surface area (Å²) in [6.45, 7) is 4.60. The Morgan fingerprint density at radius 1 is 0.644 bits per heavy atom. The summed E-state index contributed by atoms with van der Waals surface area (Å²) in [5.74, 6) is 3.76. The van der Waals surface area contributed by atoms with Gasteiger partial charge in [-0.3, -0.25) is 0 Å².